The summed E-state index contributed by atoms with van der Waals surface area (Å²) in [6, 6.07) is 3.60. The Hall–Kier alpha value is -2.52. The van der Waals surface area contributed by atoms with Gasteiger partial charge in [0.25, 0.3) is 0 Å². The molecule has 0 radical (unpaired) electrons. The SMILES string of the molecule is CC.CN.CNC(=O)CCCC=O.COc1nc(C=O)ccc1N1CCNCC1. The van der Waals surface area contributed by atoms with Crippen LogP contribution in [0.4, 0.5) is 5.69 Å². The molecule has 0 spiro atoms. The van der Waals surface area contributed by atoms with Crippen LogP contribution in [0, 0.1) is 0 Å². The molecule has 0 atom stereocenters. The van der Waals surface area contributed by atoms with Crippen molar-refractivity contribution in [1.82, 2.24) is 15.6 Å². The first-order valence-corrected chi connectivity index (χ1v) is 9.84. The number of aldehydes is 2. The summed E-state index contributed by atoms with van der Waals surface area (Å²) in [5.74, 6) is 0.517. The van der Waals surface area contributed by atoms with E-state index in [4.69, 9.17) is 4.74 Å². The molecule has 0 aliphatic carbocycles. The lowest BCUT2D eigenvalue weighted by molar-refractivity contribution is -0.120. The van der Waals surface area contributed by atoms with Crippen LogP contribution >= 0.6 is 0 Å². The Labute approximate surface area is 174 Å². The maximum absolute atomic E-state index is 10.6. The largest absolute Gasteiger partial charge is 0.480 e. The number of nitrogens with one attached hydrogen (secondary N) is 2. The van der Waals surface area contributed by atoms with Gasteiger partial charge in [-0.2, -0.15) is 0 Å². The molecular weight excluding hydrogens is 374 g/mol. The summed E-state index contributed by atoms with van der Waals surface area (Å²) in [6.07, 6.45) is 3.14. The van der Waals surface area contributed by atoms with E-state index < -0.39 is 0 Å². The number of unbranched alkanes of at least 4 members (excludes halogenated alkanes) is 1. The van der Waals surface area contributed by atoms with Gasteiger partial charge in [-0.05, 0) is 25.6 Å². The summed E-state index contributed by atoms with van der Waals surface area (Å²) in [5, 5.41) is 5.75. The topological polar surface area (TPSA) is 127 Å². The number of ether oxygens (including phenoxy) is 1. The van der Waals surface area contributed by atoms with Crippen molar-refractivity contribution in [2.45, 2.75) is 33.1 Å². The number of pyridine rings is 1. The second kappa shape index (κ2) is 20.2. The Morgan fingerprint density at radius 2 is 1.90 bits per heavy atom. The van der Waals surface area contributed by atoms with Crippen molar-refractivity contribution in [1.29, 1.82) is 0 Å². The zero-order valence-corrected chi connectivity index (χ0v) is 18.4. The highest BCUT2D eigenvalue weighted by atomic mass is 16.5. The van der Waals surface area contributed by atoms with Gasteiger partial charge in [-0.1, -0.05) is 13.8 Å². The Morgan fingerprint density at radius 1 is 1.28 bits per heavy atom. The molecule has 1 aliphatic rings. The molecule has 2 rings (SSSR count). The molecule has 2 heterocycles. The van der Waals surface area contributed by atoms with Crippen LogP contribution in [0.5, 0.6) is 5.88 Å². The number of methoxy groups -OCH3 is 1. The van der Waals surface area contributed by atoms with Crippen molar-refractivity contribution >= 4 is 24.2 Å². The maximum Gasteiger partial charge on any atom is 0.237 e. The first-order valence-electron chi connectivity index (χ1n) is 9.84. The molecule has 4 N–H and O–H groups in total. The van der Waals surface area contributed by atoms with Crippen molar-refractivity contribution in [3.63, 3.8) is 0 Å². The summed E-state index contributed by atoms with van der Waals surface area (Å²) >= 11 is 0. The number of nitrogens with two attached hydrogens (primary N) is 1. The highest BCUT2D eigenvalue weighted by Gasteiger charge is 2.16. The molecule has 29 heavy (non-hydrogen) atoms. The fourth-order valence-electron chi connectivity index (χ4n) is 2.28. The Morgan fingerprint density at radius 3 is 2.38 bits per heavy atom. The summed E-state index contributed by atoms with van der Waals surface area (Å²) in [6.45, 7) is 7.77. The predicted octanol–water partition coefficient (Wildman–Crippen LogP) is 1.02. The maximum atomic E-state index is 10.6. The lowest BCUT2D eigenvalue weighted by Gasteiger charge is -2.30. The van der Waals surface area contributed by atoms with Crippen LogP contribution in [0.1, 0.15) is 43.6 Å². The van der Waals surface area contributed by atoms with Crippen molar-refractivity contribution in [2.75, 3.05) is 52.3 Å². The fourth-order valence-corrected chi connectivity index (χ4v) is 2.28. The quantitative estimate of drug-likeness (QED) is 0.448. The van der Waals surface area contributed by atoms with E-state index in [1.807, 2.05) is 19.9 Å². The van der Waals surface area contributed by atoms with Gasteiger partial charge in [-0.15, -0.1) is 0 Å². The van der Waals surface area contributed by atoms with Gasteiger partial charge >= 0.3 is 0 Å². The first-order chi connectivity index (χ1) is 14.2. The van der Waals surface area contributed by atoms with Crippen LogP contribution in [0.3, 0.4) is 0 Å². The molecule has 0 aromatic carbocycles. The van der Waals surface area contributed by atoms with Gasteiger partial charge in [0.1, 0.15) is 12.0 Å². The number of carbonyl (C=O) groups excluding carboxylic acids is 3. The number of amides is 1. The lowest BCUT2D eigenvalue weighted by Crippen LogP contribution is -2.43. The number of rotatable bonds is 7. The number of carbonyl (C=O) groups is 3. The van der Waals surface area contributed by atoms with E-state index in [-0.39, 0.29) is 5.91 Å². The van der Waals surface area contributed by atoms with Crippen LogP contribution in [0.15, 0.2) is 12.1 Å². The average Bonchev–Trinajstić information content (AvgIpc) is 2.82. The average molecular weight is 412 g/mol. The lowest BCUT2D eigenvalue weighted by atomic mass is 10.2. The second-order valence-corrected chi connectivity index (χ2v) is 5.35. The van der Waals surface area contributed by atoms with Gasteiger partial charge in [0.15, 0.2) is 6.29 Å². The number of anilines is 1. The van der Waals surface area contributed by atoms with Gasteiger partial charge in [0, 0.05) is 46.1 Å². The van der Waals surface area contributed by atoms with Gasteiger partial charge in [0.2, 0.25) is 11.8 Å². The minimum atomic E-state index is -0.00292. The fraction of sp³-hybridized carbons (Fsp3) is 0.600. The highest BCUT2D eigenvalue weighted by molar-refractivity contribution is 5.75. The molecule has 9 heteroatoms. The van der Waals surface area contributed by atoms with Crippen LogP contribution in [0.25, 0.3) is 0 Å². The first kappa shape index (κ1) is 28.7. The number of hydrogen-bond acceptors (Lipinski definition) is 8. The number of nitrogens with zero attached hydrogens (tertiary/aromatic N) is 2. The van der Waals surface area contributed by atoms with Crippen molar-refractivity contribution < 1.29 is 19.1 Å². The molecule has 0 bridgehead atoms. The molecule has 0 saturated carbocycles. The number of aromatic nitrogens is 1. The monoisotopic (exact) mass is 411 g/mol. The summed E-state index contributed by atoms with van der Waals surface area (Å²) in [5.41, 5.74) is 5.85. The molecule has 1 aromatic heterocycles. The normalized spacial score (nSPS) is 11.9. The van der Waals surface area contributed by atoms with Gasteiger partial charge < -0.3 is 30.8 Å². The zero-order valence-electron chi connectivity index (χ0n) is 18.4. The molecule has 1 aliphatic heterocycles. The van der Waals surface area contributed by atoms with E-state index in [1.165, 1.54) is 7.05 Å². The molecule has 9 nitrogen and oxygen atoms in total. The smallest absolute Gasteiger partial charge is 0.237 e. The van der Waals surface area contributed by atoms with Crippen LogP contribution in [0.2, 0.25) is 0 Å². The molecule has 1 fully saturated rings. The summed E-state index contributed by atoms with van der Waals surface area (Å²) < 4.78 is 5.21. The minimum absolute atomic E-state index is 0.00292. The standard InChI is InChI=1S/C11H15N3O2.C6H11NO2.C2H6.CH5N/c1-16-11-10(3-2-9(8-15)13-11)14-6-4-12-5-7-14;1-7-6(9)4-2-3-5-8;2*1-2/h2-3,8,12H,4-7H2,1H3;5H,2-4H2,1H3,(H,7,9);1-2H3;2H2,1H3. The Balaban J connectivity index is 0. The third kappa shape index (κ3) is 12.5. The highest BCUT2D eigenvalue weighted by Crippen LogP contribution is 2.26. The minimum Gasteiger partial charge on any atom is -0.480 e. The summed E-state index contributed by atoms with van der Waals surface area (Å²) in [7, 11) is 4.66. The van der Waals surface area contributed by atoms with Crippen molar-refractivity contribution in [2.24, 2.45) is 5.73 Å². The zero-order chi connectivity index (χ0) is 22.5. The van der Waals surface area contributed by atoms with Gasteiger partial charge in [-0.3, -0.25) is 9.59 Å². The van der Waals surface area contributed by atoms with E-state index in [0.29, 0.717) is 30.8 Å². The molecular formula is C20H37N5O4. The Bertz CT molecular complexity index is 564. The van der Waals surface area contributed by atoms with E-state index in [2.05, 4.69) is 26.3 Å². The van der Waals surface area contributed by atoms with Crippen LogP contribution in [-0.4, -0.2) is 70.8 Å². The molecule has 1 saturated heterocycles. The number of hydrogen-bond donors (Lipinski definition) is 3. The third-order valence-electron chi connectivity index (χ3n) is 3.64. The van der Waals surface area contributed by atoms with Crippen molar-refractivity contribution in [3.05, 3.63) is 17.8 Å². The van der Waals surface area contributed by atoms with E-state index in [9.17, 15) is 14.4 Å². The molecule has 166 valence electrons. The van der Waals surface area contributed by atoms with Crippen molar-refractivity contribution in [3.8, 4) is 5.88 Å². The molecule has 1 amide bonds. The van der Waals surface area contributed by atoms with E-state index in [1.54, 1.807) is 20.2 Å². The molecule has 1 aromatic rings. The third-order valence-corrected chi connectivity index (χ3v) is 3.64. The van der Waals surface area contributed by atoms with Gasteiger partial charge in [-0.25, -0.2) is 4.98 Å². The van der Waals surface area contributed by atoms with E-state index in [0.717, 1.165) is 44.4 Å². The second-order valence-electron chi connectivity index (χ2n) is 5.35. The van der Waals surface area contributed by atoms with Crippen LogP contribution < -0.4 is 26.0 Å². The Kier molecular flexibility index (Phi) is 20.0. The summed E-state index contributed by atoms with van der Waals surface area (Å²) in [4.78, 5) is 37.2. The number of piperazine rings is 1. The van der Waals surface area contributed by atoms with Crippen LogP contribution in [-0.2, 0) is 9.59 Å². The van der Waals surface area contributed by atoms with E-state index >= 15 is 0 Å². The predicted molar refractivity (Wildman–Crippen MR) is 117 cm³/mol. The van der Waals surface area contributed by atoms with Gasteiger partial charge in [0.05, 0.1) is 12.8 Å². The molecule has 0 unspecified atom stereocenters.